The molecule has 8 heteroatoms. The number of guanidine groups is 1. The van der Waals surface area contributed by atoms with Crippen LogP contribution in [0.15, 0.2) is 17.1 Å². The lowest BCUT2D eigenvalue weighted by atomic mass is 10.1. The summed E-state index contributed by atoms with van der Waals surface area (Å²) in [6, 6.07) is 3.32. The minimum absolute atomic E-state index is 0.0117. The van der Waals surface area contributed by atoms with Gasteiger partial charge in [-0.05, 0) is 24.7 Å². The highest BCUT2D eigenvalue weighted by Gasteiger charge is 2.22. The van der Waals surface area contributed by atoms with E-state index in [1.54, 1.807) is 12.1 Å². The smallest absolute Gasteiger partial charge is 0.206 e. The van der Waals surface area contributed by atoms with E-state index >= 15 is 0 Å². The molecule has 0 spiro atoms. The quantitative estimate of drug-likeness (QED) is 0.878. The molecule has 1 N–H and O–H groups in total. The number of ether oxygens (including phenoxy) is 1. The van der Waals surface area contributed by atoms with E-state index in [9.17, 15) is 10.4 Å². The van der Waals surface area contributed by atoms with Gasteiger partial charge in [0.2, 0.25) is 5.96 Å². The van der Waals surface area contributed by atoms with Crippen LogP contribution in [0, 0.1) is 10.4 Å². The van der Waals surface area contributed by atoms with Crippen LogP contribution in [0.1, 0.15) is 19.4 Å². The molecule has 0 fully saturated rings. The van der Waals surface area contributed by atoms with Crippen molar-refractivity contribution in [1.29, 1.82) is 0 Å². The van der Waals surface area contributed by atoms with E-state index in [0.717, 1.165) is 31.6 Å². The molecule has 1 aromatic carbocycles. The lowest BCUT2D eigenvalue weighted by Gasteiger charge is -2.46. The van der Waals surface area contributed by atoms with Crippen LogP contribution in [0.25, 0.3) is 0 Å². The topological polar surface area (TPSA) is 89.5 Å². The van der Waals surface area contributed by atoms with Crippen LogP contribution in [0.2, 0.25) is 0 Å². The predicted molar refractivity (Wildman–Crippen MR) is 90.6 cm³/mol. The van der Waals surface area contributed by atoms with E-state index in [2.05, 4.69) is 29.2 Å². The Bertz CT molecular complexity index is 603. The summed E-state index contributed by atoms with van der Waals surface area (Å²) in [5, 5.41) is 25.9. The maximum Gasteiger partial charge on any atom is 0.206 e. The highest BCUT2D eigenvalue weighted by Crippen LogP contribution is 2.39. The molecular formula is C15H21N5O3-2. The number of hydrogen-bond acceptors (Lipinski definition) is 6. The maximum atomic E-state index is 12.5. The molecule has 23 heavy (non-hydrogen) atoms. The molecule has 2 aliphatic heterocycles. The highest BCUT2D eigenvalue weighted by molar-refractivity contribution is 6.04. The van der Waals surface area contributed by atoms with Gasteiger partial charge >= 0.3 is 0 Å². The number of likely N-dealkylation sites (N-methyl/N-ethyl adjacent to an activating group) is 1. The van der Waals surface area contributed by atoms with Gasteiger partial charge in [-0.3, -0.25) is 10.4 Å². The zero-order valence-electron chi connectivity index (χ0n) is 13.4. The molecule has 1 aromatic rings. The summed E-state index contributed by atoms with van der Waals surface area (Å²) < 4.78 is 5.47. The molecule has 0 unspecified atom stereocenters. The Hall–Kier alpha value is -2.03. The average Bonchev–Trinajstić information content (AvgIpc) is 3.02. The van der Waals surface area contributed by atoms with Gasteiger partial charge in [0, 0.05) is 19.0 Å². The highest BCUT2D eigenvalue weighted by atomic mass is 16.6. The molecule has 3 rings (SSSR count). The standard InChI is InChI=1S/C15H21N5O3/c1-3-18(4-2)7-6-16-15-17-20(22)13-9-11-5-8-23-14(11)10-12(13)19(15)21/h9-10H,3-8H2,1-2H3,(H,16,17)/q-2. The number of hydroxylamine groups is 1. The van der Waals surface area contributed by atoms with Crippen LogP contribution < -0.4 is 20.4 Å². The average molecular weight is 319 g/mol. The molecule has 0 atom stereocenters. The van der Waals surface area contributed by atoms with E-state index < -0.39 is 0 Å². The molecule has 0 amide bonds. The third-order valence-corrected chi connectivity index (χ3v) is 4.19. The number of hydrazine groups is 1. The summed E-state index contributed by atoms with van der Waals surface area (Å²) >= 11 is 0. The van der Waals surface area contributed by atoms with Crippen molar-refractivity contribution < 1.29 is 4.74 Å². The summed E-state index contributed by atoms with van der Waals surface area (Å²) in [6.45, 7) is 7.77. The number of nitrogens with zero attached hydrogens (tertiary/aromatic N) is 4. The van der Waals surface area contributed by atoms with E-state index in [1.807, 2.05) is 0 Å². The zero-order valence-corrected chi connectivity index (χ0v) is 13.4. The molecule has 126 valence electrons. The Morgan fingerprint density at radius 2 is 2.04 bits per heavy atom. The van der Waals surface area contributed by atoms with Gasteiger partial charge in [-0.1, -0.05) is 13.8 Å². The van der Waals surface area contributed by atoms with Crippen molar-refractivity contribution >= 4 is 17.3 Å². The Labute approximate surface area is 135 Å². The van der Waals surface area contributed by atoms with Crippen molar-refractivity contribution in [3.8, 4) is 5.75 Å². The largest absolute Gasteiger partial charge is 0.752 e. The van der Waals surface area contributed by atoms with Crippen LogP contribution in [-0.4, -0.2) is 43.6 Å². The van der Waals surface area contributed by atoms with Gasteiger partial charge in [-0.25, -0.2) is 0 Å². The second kappa shape index (κ2) is 6.61. The third kappa shape index (κ3) is 3.05. The minimum atomic E-state index is 0.0117. The van der Waals surface area contributed by atoms with Crippen molar-refractivity contribution in [2.75, 3.05) is 43.0 Å². The fourth-order valence-electron chi connectivity index (χ4n) is 2.77. The van der Waals surface area contributed by atoms with Crippen LogP contribution in [-0.2, 0) is 6.42 Å². The molecule has 2 heterocycles. The molecule has 2 aliphatic rings. The van der Waals surface area contributed by atoms with Crippen LogP contribution in [0.5, 0.6) is 5.75 Å². The van der Waals surface area contributed by atoms with E-state index in [0.29, 0.717) is 34.8 Å². The molecule has 0 saturated carbocycles. The van der Waals surface area contributed by atoms with Gasteiger partial charge in [-0.15, -0.1) is 0 Å². The van der Waals surface area contributed by atoms with Gasteiger partial charge in [0.15, 0.2) is 0 Å². The predicted octanol–water partition coefficient (Wildman–Crippen LogP) is 1.45. The number of rotatable bonds is 5. The van der Waals surface area contributed by atoms with Crippen LogP contribution in [0.4, 0.5) is 11.4 Å². The first kappa shape index (κ1) is 15.9. The first-order valence-electron chi connectivity index (χ1n) is 7.91. The molecule has 0 bridgehead atoms. The summed E-state index contributed by atoms with van der Waals surface area (Å²) in [7, 11) is 0. The molecule has 0 aromatic heterocycles. The van der Waals surface area contributed by atoms with Gasteiger partial charge in [0.05, 0.1) is 24.5 Å². The van der Waals surface area contributed by atoms with Crippen molar-refractivity contribution in [3.05, 3.63) is 28.1 Å². The maximum absolute atomic E-state index is 12.5. The fourth-order valence-corrected chi connectivity index (χ4v) is 2.77. The SMILES string of the molecule is CCN(CC)CCN=C1NN([O-])c2cc3c(cc2N1[O-])OCC3. The van der Waals surface area contributed by atoms with E-state index in [4.69, 9.17) is 4.74 Å². The number of aliphatic imine (C=N–C) groups is 1. The Morgan fingerprint density at radius 1 is 1.26 bits per heavy atom. The summed E-state index contributed by atoms with van der Waals surface area (Å²) in [6.07, 6.45) is 0.750. The zero-order chi connectivity index (χ0) is 16.4. The summed E-state index contributed by atoms with van der Waals surface area (Å²) in [5.41, 5.74) is 4.01. The second-order valence-electron chi connectivity index (χ2n) is 5.48. The number of fused-ring (bicyclic) bond motifs is 2. The van der Waals surface area contributed by atoms with E-state index in [1.165, 1.54) is 0 Å². The molecule has 8 nitrogen and oxygen atoms in total. The first-order chi connectivity index (χ1) is 11.1. The molecule has 0 saturated heterocycles. The lowest BCUT2D eigenvalue weighted by molar-refractivity contribution is 0.313. The summed E-state index contributed by atoms with van der Waals surface area (Å²) in [4.78, 5) is 6.44. The normalized spacial score (nSPS) is 18.0. The van der Waals surface area contributed by atoms with Crippen LogP contribution >= 0.6 is 0 Å². The van der Waals surface area contributed by atoms with Gasteiger partial charge < -0.3 is 30.3 Å². The minimum Gasteiger partial charge on any atom is -0.752 e. The van der Waals surface area contributed by atoms with Crippen LogP contribution in [0.3, 0.4) is 0 Å². The van der Waals surface area contributed by atoms with Crippen molar-refractivity contribution in [3.63, 3.8) is 0 Å². The van der Waals surface area contributed by atoms with E-state index in [-0.39, 0.29) is 11.6 Å². The number of hydrogen-bond donors (Lipinski definition) is 1. The number of anilines is 2. The molecular weight excluding hydrogens is 298 g/mol. The lowest BCUT2D eigenvalue weighted by Crippen LogP contribution is -2.50. The van der Waals surface area contributed by atoms with Crippen molar-refractivity contribution in [2.24, 2.45) is 4.99 Å². The monoisotopic (exact) mass is 319 g/mol. The van der Waals surface area contributed by atoms with Gasteiger partial charge in [-0.2, -0.15) is 0 Å². The Kier molecular flexibility index (Phi) is 4.56. The molecule has 0 aliphatic carbocycles. The fraction of sp³-hybridized carbons (Fsp3) is 0.533. The Balaban J connectivity index is 1.79. The van der Waals surface area contributed by atoms with Gasteiger partial charge in [0.25, 0.3) is 0 Å². The first-order valence-corrected chi connectivity index (χ1v) is 7.91. The second-order valence-corrected chi connectivity index (χ2v) is 5.48. The molecule has 0 radical (unpaired) electrons. The summed E-state index contributed by atoms with van der Waals surface area (Å²) in [5.74, 6) is 0.681. The third-order valence-electron chi connectivity index (χ3n) is 4.19. The van der Waals surface area contributed by atoms with Crippen molar-refractivity contribution in [1.82, 2.24) is 10.3 Å². The number of nitrogens with one attached hydrogen (secondary N) is 1. The van der Waals surface area contributed by atoms with Crippen molar-refractivity contribution in [2.45, 2.75) is 20.3 Å². The number of benzene rings is 1. The van der Waals surface area contributed by atoms with Gasteiger partial charge in [0.1, 0.15) is 5.75 Å². The Morgan fingerprint density at radius 3 is 2.78 bits per heavy atom.